The number of aliphatic carboxylic acids is 1. The summed E-state index contributed by atoms with van der Waals surface area (Å²) in [5.74, 6) is -0.0138. The highest BCUT2D eigenvalue weighted by molar-refractivity contribution is 5.79. The molecule has 16 heavy (non-hydrogen) atoms. The fourth-order valence-corrected chi connectivity index (χ4v) is 2.95. The molecule has 4 heteroatoms. The first-order valence-electron chi connectivity index (χ1n) is 6.27. The summed E-state index contributed by atoms with van der Waals surface area (Å²) in [5, 5.41) is 9.09. The summed E-state index contributed by atoms with van der Waals surface area (Å²) in [4.78, 5) is 13.5. The van der Waals surface area contributed by atoms with Crippen molar-refractivity contribution in [3.05, 3.63) is 0 Å². The lowest BCUT2D eigenvalue weighted by Crippen LogP contribution is -2.48. The lowest BCUT2D eigenvalue weighted by molar-refractivity contribution is -0.143. The van der Waals surface area contributed by atoms with Gasteiger partial charge in [0.15, 0.2) is 0 Å². The van der Waals surface area contributed by atoms with E-state index in [2.05, 4.69) is 11.8 Å². The van der Waals surface area contributed by atoms with Crippen molar-refractivity contribution in [3.63, 3.8) is 0 Å². The van der Waals surface area contributed by atoms with Gasteiger partial charge in [0.25, 0.3) is 0 Å². The quantitative estimate of drug-likeness (QED) is 0.738. The lowest BCUT2D eigenvalue weighted by Gasteiger charge is -2.35. The number of rotatable bonds is 2. The van der Waals surface area contributed by atoms with Crippen LogP contribution in [0.2, 0.25) is 0 Å². The molecule has 1 aliphatic heterocycles. The van der Waals surface area contributed by atoms with Gasteiger partial charge in [-0.15, -0.1) is 0 Å². The van der Waals surface area contributed by atoms with E-state index in [1.54, 1.807) is 0 Å². The Balaban J connectivity index is 1.91. The Kier molecular flexibility index (Phi) is 3.22. The SMILES string of the molecule is CC1CCN(C2CCC(N)(C(=O)O)C2)CC1. The number of carboxylic acids is 1. The molecule has 0 aromatic rings. The highest BCUT2D eigenvalue weighted by Crippen LogP contribution is 2.33. The second-order valence-corrected chi connectivity index (χ2v) is 5.58. The minimum Gasteiger partial charge on any atom is -0.480 e. The van der Waals surface area contributed by atoms with Gasteiger partial charge in [0, 0.05) is 6.04 Å². The molecule has 2 fully saturated rings. The topological polar surface area (TPSA) is 66.6 Å². The molecule has 0 aromatic carbocycles. The molecule has 3 N–H and O–H groups in total. The number of piperidine rings is 1. The molecule has 1 saturated carbocycles. The number of nitrogens with zero attached hydrogens (tertiary/aromatic N) is 1. The van der Waals surface area contributed by atoms with E-state index in [0.717, 1.165) is 25.4 Å². The maximum atomic E-state index is 11.1. The van der Waals surface area contributed by atoms with Crippen molar-refractivity contribution in [1.82, 2.24) is 4.90 Å². The normalized spacial score (nSPS) is 37.8. The van der Waals surface area contributed by atoms with Crippen molar-refractivity contribution in [2.24, 2.45) is 11.7 Å². The first-order valence-corrected chi connectivity index (χ1v) is 6.27. The molecule has 2 rings (SSSR count). The summed E-state index contributed by atoms with van der Waals surface area (Å²) in [6.45, 7) is 4.51. The molecule has 2 atom stereocenters. The predicted octanol–water partition coefficient (Wildman–Crippen LogP) is 1.05. The summed E-state index contributed by atoms with van der Waals surface area (Å²) >= 11 is 0. The van der Waals surface area contributed by atoms with E-state index in [9.17, 15) is 4.79 Å². The van der Waals surface area contributed by atoms with Crippen LogP contribution in [-0.4, -0.2) is 40.6 Å². The highest BCUT2D eigenvalue weighted by Gasteiger charge is 2.44. The number of nitrogens with two attached hydrogens (primary N) is 1. The van der Waals surface area contributed by atoms with E-state index < -0.39 is 11.5 Å². The Labute approximate surface area is 96.8 Å². The molecule has 2 aliphatic rings. The molecule has 1 aliphatic carbocycles. The highest BCUT2D eigenvalue weighted by atomic mass is 16.4. The Morgan fingerprint density at radius 3 is 2.50 bits per heavy atom. The van der Waals surface area contributed by atoms with Crippen molar-refractivity contribution in [2.75, 3.05) is 13.1 Å². The van der Waals surface area contributed by atoms with Crippen LogP contribution >= 0.6 is 0 Å². The minimum atomic E-state index is -0.965. The molecule has 1 saturated heterocycles. The first-order chi connectivity index (χ1) is 7.51. The van der Waals surface area contributed by atoms with Crippen LogP contribution in [0.25, 0.3) is 0 Å². The van der Waals surface area contributed by atoms with E-state index in [0.29, 0.717) is 18.9 Å². The van der Waals surface area contributed by atoms with E-state index in [-0.39, 0.29) is 0 Å². The number of carbonyl (C=O) groups is 1. The molecule has 0 spiro atoms. The van der Waals surface area contributed by atoms with Gasteiger partial charge in [0.2, 0.25) is 0 Å². The number of carboxylic acid groups (broad SMARTS) is 1. The van der Waals surface area contributed by atoms with Gasteiger partial charge < -0.3 is 15.7 Å². The third kappa shape index (κ3) is 2.23. The van der Waals surface area contributed by atoms with Crippen LogP contribution in [-0.2, 0) is 4.79 Å². The third-order valence-corrected chi connectivity index (χ3v) is 4.28. The van der Waals surface area contributed by atoms with Crippen molar-refractivity contribution < 1.29 is 9.90 Å². The molecule has 2 unspecified atom stereocenters. The fraction of sp³-hybridized carbons (Fsp3) is 0.917. The van der Waals surface area contributed by atoms with Crippen molar-refractivity contribution in [2.45, 2.75) is 50.6 Å². The maximum absolute atomic E-state index is 11.1. The molecular weight excluding hydrogens is 204 g/mol. The Hall–Kier alpha value is -0.610. The van der Waals surface area contributed by atoms with Crippen molar-refractivity contribution in [1.29, 1.82) is 0 Å². The average molecular weight is 226 g/mol. The van der Waals surface area contributed by atoms with Crippen LogP contribution in [0, 0.1) is 5.92 Å². The molecule has 0 radical (unpaired) electrons. The zero-order valence-corrected chi connectivity index (χ0v) is 9.98. The van der Waals surface area contributed by atoms with Gasteiger partial charge in [-0.3, -0.25) is 4.79 Å². The Bertz CT molecular complexity index is 274. The predicted molar refractivity (Wildman–Crippen MR) is 62.2 cm³/mol. The Morgan fingerprint density at radius 1 is 1.38 bits per heavy atom. The monoisotopic (exact) mass is 226 g/mol. The largest absolute Gasteiger partial charge is 0.480 e. The van der Waals surface area contributed by atoms with Crippen LogP contribution in [0.15, 0.2) is 0 Å². The van der Waals surface area contributed by atoms with Crippen LogP contribution in [0.5, 0.6) is 0 Å². The molecule has 0 amide bonds. The van der Waals surface area contributed by atoms with Gasteiger partial charge in [-0.05, 0) is 51.1 Å². The smallest absolute Gasteiger partial charge is 0.323 e. The van der Waals surface area contributed by atoms with Crippen LogP contribution in [0.3, 0.4) is 0 Å². The second kappa shape index (κ2) is 4.34. The summed E-state index contributed by atoms with van der Waals surface area (Å²) in [6.07, 6.45) is 4.66. The van der Waals surface area contributed by atoms with Crippen LogP contribution in [0.1, 0.15) is 39.0 Å². The Morgan fingerprint density at radius 2 is 2.00 bits per heavy atom. The summed E-state index contributed by atoms with van der Waals surface area (Å²) in [7, 11) is 0. The standard InChI is InChI=1S/C12H22N2O2/c1-9-3-6-14(7-4-9)10-2-5-12(13,8-10)11(15)16/h9-10H,2-8,13H2,1H3,(H,15,16). The molecular formula is C12H22N2O2. The maximum Gasteiger partial charge on any atom is 0.323 e. The van der Waals surface area contributed by atoms with Crippen LogP contribution in [0.4, 0.5) is 0 Å². The first kappa shape index (κ1) is 11.9. The minimum absolute atomic E-state index is 0.397. The van der Waals surface area contributed by atoms with E-state index in [1.807, 2.05) is 0 Å². The zero-order valence-electron chi connectivity index (χ0n) is 9.98. The summed E-state index contributed by atoms with van der Waals surface area (Å²) in [5.41, 5.74) is 4.94. The molecule has 0 bridgehead atoms. The van der Waals surface area contributed by atoms with Crippen molar-refractivity contribution >= 4 is 5.97 Å². The number of likely N-dealkylation sites (tertiary alicyclic amines) is 1. The molecule has 1 heterocycles. The van der Waals surface area contributed by atoms with Crippen LogP contribution < -0.4 is 5.73 Å². The van der Waals surface area contributed by atoms with Crippen molar-refractivity contribution in [3.8, 4) is 0 Å². The van der Waals surface area contributed by atoms with Gasteiger partial charge >= 0.3 is 5.97 Å². The number of hydrogen-bond donors (Lipinski definition) is 2. The zero-order chi connectivity index (χ0) is 11.8. The molecule has 4 nitrogen and oxygen atoms in total. The van der Waals surface area contributed by atoms with E-state index in [4.69, 9.17) is 10.8 Å². The summed E-state index contributed by atoms with van der Waals surface area (Å²) in [6, 6.07) is 0.397. The fourth-order valence-electron chi connectivity index (χ4n) is 2.95. The van der Waals surface area contributed by atoms with Gasteiger partial charge in [-0.2, -0.15) is 0 Å². The number of hydrogen-bond acceptors (Lipinski definition) is 3. The van der Waals surface area contributed by atoms with E-state index in [1.165, 1.54) is 12.8 Å². The average Bonchev–Trinajstić information content (AvgIpc) is 2.63. The van der Waals surface area contributed by atoms with Gasteiger partial charge in [-0.25, -0.2) is 0 Å². The van der Waals surface area contributed by atoms with Gasteiger partial charge in [-0.1, -0.05) is 6.92 Å². The van der Waals surface area contributed by atoms with Gasteiger partial charge in [0.05, 0.1) is 0 Å². The second-order valence-electron chi connectivity index (χ2n) is 5.58. The summed E-state index contributed by atoms with van der Waals surface area (Å²) < 4.78 is 0. The lowest BCUT2D eigenvalue weighted by atomic mass is 9.96. The third-order valence-electron chi connectivity index (χ3n) is 4.28. The van der Waals surface area contributed by atoms with E-state index >= 15 is 0 Å². The van der Waals surface area contributed by atoms with Gasteiger partial charge in [0.1, 0.15) is 5.54 Å². The molecule has 0 aromatic heterocycles. The molecule has 92 valence electrons.